The van der Waals surface area contributed by atoms with Crippen LogP contribution < -0.4 is 10.1 Å². The molecule has 2 unspecified atom stereocenters. The fraction of sp³-hybridized carbons (Fsp3) is 0.409. The normalized spacial score (nSPS) is 13.7. The van der Waals surface area contributed by atoms with Crippen LogP contribution in [0.1, 0.15) is 38.7 Å². The third-order valence-electron chi connectivity index (χ3n) is 4.92. The Morgan fingerprint density at radius 3 is 2.31 bits per heavy atom. The molecule has 29 heavy (non-hydrogen) atoms. The number of amides is 1. The summed E-state index contributed by atoms with van der Waals surface area (Å²) in [6, 6.07) is 14.3. The molecule has 2 aromatic carbocycles. The van der Waals surface area contributed by atoms with Gasteiger partial charge in [-0.3, -0.25) is 4.79 Å². The van der Waals surface area contributed by atoms with Crippen molar-refractivity contribution in [2.24, 2.45) is 5.92 Å². The topological polar surface area (TPSA) is 75.7 Å². The zero-order valence-corrected chi connectivity index (χ0v) is 18.5. The molecule has 0 aliphatic carbocycles. The Kier molecular flexibility index (Phi) is 7.81. The molecule has 0 saturated carbocycles. The van der Waals surface area contributed by atoms with E-state index < -0.39 is 10.0 Å². The van der Waals surface area contributed by atoms with E-state index in [0.29, 0.717) is 12.3 Å². The molecular formula is C22H30N2O4S. The number of ether oxygens (including phenoxy) is 1. The first-order chi connectivity index (χ1) is 13.7. The Bertz CT molecular complexity index is 927. The Morgan fingerprint density at radius 1 is 1.10 bits per heavy atom. The SMILES string of the molecule is CCOc1ccc(NC(=O)C(c2ccccc2)C(C)CC)cc1S(=O)(=O)N(C)C. The van der Waals surface area contributed by atoms with Gasteiger partial charge in [-0.1, -0.05) is 50.6 Å². The largest absolute Gasteiger partial charge is 0.492 e. The molecule has 0 aromatic heterocycles. The number of sulfonamides is 1. The smallest absolute Gasteiger partial charge is 0.246 e. The summed E-state index contributed by atoms with van der Waals surface area (Å²) in [5.41, 5.74) is 1.36. The molecule has 2 rings (SSSR count). The lowest BCUT2D eigenvalue weighted by Crippen LogP contribution is -2.27. The Hall–Kier alpha value is -2.38. The highest BCUT2D eigenvalue weighted by atomic mass is 32.2. The molecule has 0 spiro atoms. The lowest BCUT2D eigenvalue weighted by atomic mass is 9.85. The van der Waals surface area contributed by atoms with Crippen LogP contribution in [0.2, 0.25) is 0 Å². The number of benzene rings is 2. The number of nitrogens with zero attached hydrogens (tertiary/aromatic N) is 1. The van der Waals surface area contributed by atoms with Gasteiger partial charge in [0.2, 0.25) is 15.9 Å². The average Bonchev–Trinajstić information content (AvgIpc) is 2.69. The van der Waals surface area contributed by atoms with Gasteiger partial charge in [0.05, 0.1) is 12.5 Å². The average molecular weight is 419 g/mol. The predicted octanol–water partition coefficient (Wildman–Crippen LogP) is 4.10. The first kappa shape index (κ1) is 22.9. The van der Waals surface area contributed by atoms with Crippen molar-refractivity contribution in [1.29, 1.82) is 0 Å². The number of carbonyl (C=O) groups excluding carboxylic acids is 1. The van der Waals surface area contributed by atoms with Crippen molar-refractivity contribution >= 4 is 21.6 Å². The maximum Gasteiger partial charge on any atom is 0.246 e. The van der Waals surface area contributed by atoms with E-state index in [1.165, 1.54) is 20.2 Å². The molecule has 7 heteroatoms. The fourth-order valence-electron chi connectivity index (χ4n) is 3.11. The van der Waals surface area contributed by atoms with Crippen molar-refractivity contribution in [1.82, 2.24) is 4.31 Å². The number of hydrogen-bond acceptors (Lipinski definition) is 4. The van der Waals surface area contributed by atoms with Gasteiger partial charge in [-0.25, -0.2) is 12.7 Å². The lowest BCUT2D eigenvalue weighted by molar-refractivity contribution is -0.118. The van der Waals surface area contributed by atoms with Crippen molar-refractivity contribution in [3.05, 3.63) is 54.1 Å². The maximum absolute atomic E-state index is 13.1. The van der Waals surface area contributed by atoms with Crippen molar-refractivity contribution in [2.75, 3.05) is 26.0 Å². The molecule has 6 nitrogen and oxygen atoms in total. The maximum atomic E-state index is 13.1. The molecule has 0 saturated heterocycles. The summed E-state index contributed by atoms with van der Waals surface area (Å²) < 4.78 is 32.0. The van der Waals surface area contributed by atoms with E-state index in [-0.39, 0.29) is 28.4 Å². The first-order valence-electron chi connectivity index (χ1n) is 9.77. The van der Waals surface area contributed by atoms with E-state index >= 15 is 0 Å². The second-order valence-electron chi connectivity index (χ2n) is 7.15. The van der Waals surface area contributed by atoms with E-state index in [2.05, 4.69) is 5.32 Å². The van der Waals surface area contributed by atoms with Gasteiger partial charge in [0.1, 0.15) is 10.6 Å². The second-order valence-corrected chi connectivity index (χ2v) is 9.27. The zero-order chi connectivity index (χ0) is 21.6. The van der Waals surface area contributed by atoms with Crippen LogP contribution in [-0.4, -0.2) is 39.3 Å². The highest BCUT2D eigenvalue weighted by molar-refractivity contribution is 7.89. The monoisotopic (exact) mass is 418 g/mol. The molecule has 1 amide bonds. The number of rotatable bonds is 9. The van der Waals surface area contributed by atoms with Crippen LogP contribution in [0.4, 0.5) is 5.69 Å². The third kappa shape index (κ3) is 5.36. The van der Waals surface area contributed by atoms with E-state index in [1.54, 1.807) is 19.1 Å². The zero-order valence-electron chi connectivity index (χ0n) is 17.7. The van der Waals surface area contributed by atoms with Crippen molar-refractivity contribution in [2.45, 2.75) is 38.0 Å². The molecular weight excluding hydrogens is 388 g/mol. The molecule has 2 atom stereocenters. The van der Waals surface area contributed by atoms with Crippen LogP contribution in [0.25, 0.3) is 0 Å². The van der Waals surface area contributed by atoms with Crippen LogP contribution in [0.15, 0.2) is 53.4 Å². The van der Waals surface area contributed by atoms with E-state index in [0.717, 1.165) is 16.3 Å². The van der Waals surface area contributed by atoms with E-state index in [4.69, 9.17) is 4.74 Å². The van der Waals surface area contributed by atoms with Crippen molar-refractivity contribution in [3.63, 3.8) is 0 Å². The van der Waals surface area contributed by atoms with Gasteiger partial charge in [-0.05, 0) is 36.6 Å². The number of anilines is 1. The van der Waals surface area contributed by atoms with Crippen LogP contribution in [0.5, 0.6) is 5.75 Å². The summed E-state index contributed by atoms with van der Waals surface area (Å²) >= 11 is 0. The van der Waals surface area contributed by atoms with Crippen LogP contribution in [-0.2, 0) is 14.8 Å². The number of nitrogens with one attached hydrogen (secondary N) is 1. The van der Waals surface area contributed by atoms with Gasteiger partial charge in [0.25, 0.3) is 0 Å². The van der Waals surface area contributed by atoms with Crippen molar-refractivity contribution in [3.8, 4) is 5.75 Å². The summed E-state index contributed by atoms with van der Waals surface area (Å²) in [4.78, 5) is 13.1. The number of carbonyl (C=O) groups is 1. The summed E-state index contributed by atoms with van der Waals surface area (Å²) in [6.07, 6.45) is 0.844. The van der Waals surface area contributed by atoms with Crippen LogP contribution in [0.3, 0.4) is 0 Å². The van der Waals surface area contributed by atoms with Gasteiger partial charge in [-0.2, -0.15) is 0 Å². The lowest BCUT2D eigenvalue weighted by Gasteiger charge is -2.23. The molecule has 0 radical (unpaired) electrons. The minimum absolute atomic E-state index is 0.0296. The fourth-order valence-corrected chi connectivity index (χ4v) is 4.16. The quantitative estimate of drug-likeness (QED) is 0.665. The van der Waals surface area contributed by atoms with E-state index in [1.807, 2.05) is 44.2 Å². The molecule has 158 valence electrons. The number of hydrogen-bond donors (Lipinski definition) is 1. The second kappa shape index (κ2) is 9.89. The molecule has 0 aliphatic rings. The van der Waals surface area contributed by atoms with Gasteiger partial charge >= 0.3 is 0 Å². The summed E-state index contributed by atoms with van der Waals surface area (Å²) in [5.74, 6) is -0.101. The Labute approximate surface area is 173 Å². The van der Waals surface area contributed by atoms with Gasteiger partial charge in [-0.15, -0.1) is 0 Å². The highest BCUT2D eigenvalue weighted by Crippen LogP contribution is 2.32. The third-order valence-corrected chi connectivity index (χ3v) is 6.76. The van der Waals surface area contributed by atoms with Gasteiger partial charge < -0.3 is 10.1 Å². The van der Waals surface area contributed by atoms with E-state index in [9.17, 15) is 13.2 Å². The molecule has 2 aromatic rings. The van der Waals surface area contributed by atoms with Gasteiger partial charge in [0, 0.05) is 19.8 Å². The van der Waals surface area contributed by atoms with Crippen molar-refractivity contribution < 1.29 is 17.9 Å². The van der Waals surface area contributed by atoms with Crippen LogP contribution >= 0.6 is 0 Å². The minimum atomic E-state index is -3.72. The van der Waals surface area contributed by atoms with Crippen LogP contribution in [0, 0.1) is 5.92 Å². The summed E-state index contributed by atoms with van der Waals surface area (Å²) in [6.45, 7) is 6.22. The molecule has 0 fully saturated rings. The standard InChI is InChI=1S/C22H30N2O4S/c1-6-16(3)21(17-11-9-8-10-12-17)22(25)23-18-13-14-19(28-7-2)20(15-18)29(26,27)24(4)5/h8-16,21H,6-7H2,1-5H3,(H,23,25). The molecule has 0 aliphatic heterocycles. The highest BCUT2D eigenvalue weighted by Gasteiger charge is 2.27. The summed E-state index contributed by atoms with van der Waals surface area (Å²) in [7, 11) is -0.798. The first-order valence-corrected chi connectivity index (χ1v) is 11.2. The predicted molar refractivity (Wildman–Crippen MR) is 116 cm³/mol. The molecule has 0 bridgehead atoms. The Balaban J connectivity index is 2.40. The summed E-state index contributed by atoms with van der Waals surface area (Å²) in [5, 5.41) is 2.90. The molecule has 0 heterocycles. The minimum Gasteiger partial charge on any atom is -0.492 e. The molecule has 1 N–H and O–H groups in total. The Morgan fingerprint density at radius 2 is 1.76 bits per heavy atom. The van der Waals surface area contributed by atoms with Gasteiger partial charge in [0.15, 0.2) is 0 Å².